The molecular weight excluding hydrogens is 166 g/mol. The van der Waals surface area contributed by atoms with Crippen LogP contribution in [0.25, 0.3) is 0 Å². The largest absolute Gasteiger partial charge is 0.480 e. The highest BCUT2D eigenvalue weighted by Crippen LogP contribution is 2.14. The summed E-state index contributed by atoms with van der Waals surface area (Å²) in [6, 6.07) is -0.252. The predicted molar refractivity (Wildman–Crippen MR) is 51.8 cm³/mol. The van der Waals surface area contributed by atoms with Gasteiger partial charge in [0.15, 0.2) is 0 Å². The second-order valence-corrected chi connectivity index (χ2v) is 3.71. The maximum Gasteiger partial charge on any atom is 0.320 e. The minimum absolute atomic E-state index is 0.252. The van der Waals surface area contributed by atoms with E-state index in [1.165, 1.54) is 12.8 Å². The summed E-state index contributed by atoms with van der Waals surface area (Å²) >= 11 is 0. The number of nitrogens with zero attached hydrogens (tertiary/aromatic N) is 1. The van der Waals surface area contributed by atoms with E-state index >= 15 is 0 Å². The zero-order chi connectivity index (χ0) is 9.68. The molecule has 0 aromatic heterocycles. The molecule has 3 nitrogen and oxygen atoms in total. The molecule has 1 unspecified atom stereocenters. The van der Waals surface area contributed by atoms with Gasteiger partial charge in [-0.05, 0) is 32.4 Å². The molecular formula is C10H19NO2. The van der Waals surface area contributed by atoms with Gasteiger partial charge in [-0.3, -0.25) is 9.69 Å². The van der Waals surface area contributed by atoms with Crippen LogP contribution in [0.4, 0.5) is 0 Å². The lowest BCUT2D eigenvalue weighted by molar-refractivity contribution is -0.143. The van der Waals surface area contributed by atoms with Gasteiger partial charge in [0, 0.05) is 0 Å². The van der Waals surface area contributed by atoms with E-state index in [1.807, 2.05) is 6.92 Å². The average Bonchev–Trinajstić information content (AvgIpc) is 2.33. The monoisotopic (exact) mass is 185 g/mol. The van der Waals surface area contributed by atoms with Crippen molar-refractivity contribution < 1.29 is 9.90 Å². The zero-order valence-corrected chi connectivity index (χ0v) is 8.33. The fourth-order valence-corrected chi connectivity index (χ4v) is 2.00. The molecule has 0 amide bonds. The number of carbonyl (C=O) groups is 1. The molecule has 1 aliphatic heterocycles. The molecule has 0 radical (unpaired) electrons. The van der Waals surface area contributed by atoms with Crippen LogP contribution in [0.1, 0.15) is 39.0 Å². The van der Waals surface area contributed by atoms with Gasteiger partial charge in [-0.15, -0.1) is 0 Å². The van der Waals surface area contributed by atoms with Crippen molar-refractivity contribution >= 4 is 5.97 Å². The number of rotatable bonds is 3. The van der Waals surface area contributed by atoms with Crippen LogP contribution in [0.5, 0.6) is 0 Å². The fraction of sp³-hybridized carbons (Fsp3) is 0.900. The number of hydrogen-bond acceptors (Lipinski definition) is 2. The molecule has 1 saturated heterocycles. The lowest BCUT2D eigenvalue weighted by Crippen LogP contribution is -2.41. The Hall–Kier alpha value is -0.570. The van der Waals surface area contributed by atoms with Crippen LogP contribution in [0.2, 0.25) is 0 Å². The first kappa shape index (κ1) is 10.5. The molecule has 0 saturated carbocycles. The fourth-order valence-electron chi connectivity index (χ4n) is 2.00. The Morgan fingerprint density at radius 1 is 1.31 bits per heavy atom. The summed E-state index contributed by atoms with van der Waals surface area (Å²) in [7, 11) is 0. The Balaban J connectivity index is 2.50. The normalized spacial score (nSPS) is 22.2. The van der Waals surface area contributed by atoms with Crippen molar-refractivity contribution in [3.8, 4) is 0 Å². The molecule has 1 atom stereocenters. The Labute approximate surface area is 79.7 Å². The lowest BCUT2D eigenvalue weighted by atomic mass is 10.2. The minimum Gasteiger partial charge on any atom is -0.480 e. The van der Waals surface area contributed by atoms with Crippen LogP contribution in [-0.2, 0) is 4.79 Å². The molecule has 0 bridgehead atoms. The molecule has 1 rings (SSSR count). The first-order chi connectivity index (χ1) is 6.25. The second-order valence-electron chi connectivity index (χ2n) is 3.71. The first-order valence-corrected chi connectivity index (χ1v) is 5.22. The van der Waals surface area contributed by atoms with E-state index in [-0.39, 0.29) is 6.04 Å². The maximum atomic E-state index is 10.9. The summed E-state index contributed by atoms with van der Waals surface area (Å²) < 4.78 is 0. The van der Waals surface area contributed by atoms with Crippen LogP contribution in [0.3, 0.4) is 0 Å². The van der Waals surface area contributed by atoms with Gasteiger partial charge >= 0.3 is 5.97 Å². The third kappa shape index (κ3) is 2.99. The van der Waals surface area contributed by atoms with Crippen molar-refractivity contribution in [3.05, 3.63) is 0 Å². The number of hydrogen-bond donors (Lipinski definition) is 1. The number of carboxylic acids is 1. The van der Waals surface area contributed by atoms with Gasteiger partial charge in [0.25, 0.3) is 0 Å². The number of likely N-dealkylation sites (tertiary alicyclic amines) is 1. The number of carboxylic acid groups (broad SMARTS) is 1. The van der Waals surface area contributed by atoms with Crippen molar-refractivity contribution in [1.29, 1.82) is 0 Å². The Morgan fingerprint density at radius 3 is 2.23 bits per heavy atom. The minimum atomic E-state index is -0.663. The van der Waals surface area contributed by atoms with Crippen molar-refractivity contribution in [1.82, 2.24) is 4.90 Å². The van der Waals surface area contributed by atoms with Gasteiger partial charge in [0.05, 0.1) is 0 Å². The van der Waals surface area contributed by atoms with E-state index < -0.39 is 5.97 Å². The van der Waals surface area contributed by atoms with E-state index in [2.05, 4.69) is 4.90 Å². The van der Waals surface area contributed by atoms with Gasteiger partial charge in [0.2, 0.25) is 0 Å². The Bertz CT molecular complexity index is 162. The van der Waals surface area contributed by atoms with Gasteiger partial charge in [-0.2, -0.15) is 0 Å². The molecule has 1 N–H and O–H groups in total. The highest BCUT2D eigenvalue weighted by Gasteiger charge is 2.23. The summed E-state index contributed by atoms with van der Waals surface area (Å²) in [5, 5.41) is 8.98. The highest BCUT2D eigenvalue weighted by atomic mass is 16.4. The maximum absolute atomic E-state index is 10.9. The molecule has 1 fully saturated rings. The smallest absolute Gasteiger partial charge is 0.320 e. The summed E-state index contributed by atoms with van der Waals surface area (Å²) in [5.41, 5.74) is 0. The third-order valence-electron chi connectivity index (χ3n) is 2.75. The number of aliphatic carboxylic acids is 1. The summed E-state index contributed by atoms with van der Waals surface area (Å²) in [6.45, 7) is 3.87. The molecule has 13 heavy (non-hydrogen) atoms. The van der Waals surface area contributed by atoms with Crippen LogP contribution in [-0.4, -0.2) is 35.1 Å². The molecule has 1 heterocycles. The van der Waals surface area contributed by atoms with Crippen LogP contribution >= 0.6 is 0 Å². The van der Waals surface area contributed by atoms with Gasteiger partial charge < -0.3 is 5.11 Å². The van der Waals surface area contributed by atoms with Crippen LogP contribution in [0, 0.1) is 0 Å². The molecule has 0 aliphatic carbocycles. The van der Waals surface area contributed by atoms with Crippen molar-refractivity contribution in [3.63, 3.8) is 0 Å². The lowest BCUT2D eigenvalue weighted by Gasteiger charge is -2.26. The molecule has 76 valence electrons. The van der Waals surface area contributed by atoms with Crippen molar-refractivity contribution in [2.75, 3.05) is 13.1 Å². The van der Waals surface area contributed by atoms with Crippen molar-refractivity contribution in [2.45, 2.75) is 45.1 Å². The standard InChI is InChI=1S/C10H19NO2/c1-2-9(10(12)13)11-7-5-3-4-6-8-11/h9H,2-8H2,1H3,(H,12,13). The van der Waals surface area contributed by atoms with Gasteiger partial charge in [0.1, 0.15) is 6.04 Å². The molecule has 1 aliphatic rings. The molecule has 3 heteroatoms. The second kappa shape index (κ2) is 5.22. The topological polar surface area (TPSA) is 40.5 Å². The van der Waals surface area contributed by atoms with E-state index in [0.717, 1.165) is 32.4 Å². The van der Waals surface area contributed by atoms with Gasteiger partial charge in [-0.1, -0.05) is 19.8 Å². The highest BCUT2D eigenvalue weighted by molar-refractivity contribution is 5.73. The average molecular weight is 185 g/mol. The van der Waals surface area contributed by atoms with Crippen LogP contribution < -0.4 is 0 Å². The SMILES string of the molecule is CCC(C(=O)O)N1CCCCCC1. The molecule has 0 spiro atoms. The first-order valence-electron chi connectivity index (χ1n) is 5.22. The molecule has 0 aromatic rings. The quantitative estimate of drug-likeness (QED) is 0.728. The Kier molecular flexibility index (Phi) is 4.22. The third-order valence-corrected chi connectivity index (χ3v) is 2.75. The van der Waals surface area contributed by atoms with Crippen molar-refractivity contribution in [2.24, 2.45) is 0 Å². The summed E-state index contributed by atoms with van der Waals surface area (Å²) in [5.74, 6) is -0.663. The summed E-state index contributed by atoms with van der Waals surface area (Å²) in [4.78, 5) is 13.0. The zero-order valence-electron chi connectivity index (χ0n) is 8.33. The van der Waals surface area contributed by atoms with E-state index in [0.29, 0.717) is 0 Å². The van der Waals surface area contributed by atoms with E-state index in [9.17, 15) is 4.79 Å². The predicted octanol–water partition coefficient (Wildman–Crippen LogP) is 1.73. The van der Waals surface area contributed by atoms with E-state index in [1.54, 1.807) is 0 Å². The summed E-state index contributed by atoms with van der Waals surface area (Å²) in [6.07, 6.45) is 5.54. The van der Waals surface area contributed by atoms with E-state index in [4.69, 9.17) is 5.11 Å². The molecule has 0 aromatic carbocycles. The Morgan fingerprint density at radius 2 is 1.85 bits per heavy atom. The van der Waals surface area contributed by atoms with Gasteiger partial charge in [-0.25, -0.2) is 0 Å². The van der Waals surface area contributed by atoms with Crippen LogP contribution in [0.15, 0.2) is 0 Å².